The first kappa shape index (κ1) is 29.6. The summed E-state index contributed by atoms with van der Waals surface area (Å²) in [5.41, 5.74) is 0. The molecule has 0 aromatic carbocycles. The van der Waals surface area contributed by atoms with E-state index < -0.39 is 55.4 Å². The summed E-state index contributed by atoms with van der Waals surface area (Å²) >= 11 is 0. The number of hydrogen-bond acceptors (Lipinski definition) is 9. The zero-order chi connectivity index (χ0) is 26.1. The highest BCUT2D eigenvalue weighted by molar-refractivity contribution is 5.83. The molecule has 35 heavy (non-hydrogen) atoms. The number of allylic oxidation sites excluding steroid dienone is 1. The van der Waals surface area contributed by atoms with Crippen LogP contribution in [-0.2, 0) is 19.1 Å². The summed E-state index contributed by atoms with van der Waals surface area (Å²) in [4.78, 5) is 24.0. The first-order valence-corrected chi connectivity index (χ1v) is 12.4. The summed E-state index contributed by atoms with van der Waals surface area (Å²) in [6.45, 7) is 3.29. The summed E-state index contributed by atoms with van der Waals surface area (Å²) in [7, 11) is 0. The first-order valence-electron chi connectivity index (χ1n) is 12.4. The van der Waals surface area contributed by atoms with E-state index in [0.717, 1.165) is 0 Å². The van der Waals surface area contributed by atoms with E-state index in [0.29, 0.717) is 32.1 Å². The number of carboxylic acid groups (broad SMARTS) is 1. The zero-order valence-corrected chi connectivity index (χ0v) is 20.4. The summed E-state index contributed by atoms with van der Waals surface area (Å²) in [6.07, 6.45) is -0.303. The minimum atomic E-state index is -1.49. The topological polar surface area (TPSA) is 186 Å². The number of hydrogen-bond donors (Lipinski definition) is 7. The van der Waals surface area contributed by atoms with E-state index in [4.69, 9.17) is 9.47 Å². The fourth-order valence-electron chi connectivity index (χ4n) is 4.71. The molecule has 1 saturated heterocycles. The van der Waals surface area contributed by atoms with Gasteiger partial charge < -0.3 is 45.4 Å². The molecule has 10 atom stereocenters. The number of carbonyl (C=O) groups excluding carboxylic acids is 1. The van der Waals surface area contributed by atoms with Crippen molar-refractivity contribution in [2.45, 2.75) is 95.2 Å². The molecule has 1 aliphatic heterocycles. The molecule has 0 unspecified atom stereocenters. The maximum absolute atomic E-state index is 12.5. The molecule has 2 aliphatic rings. The molecule has 7 N–H and O–H groups in total. The monoisotopic (exact) mass is 503 g/mol. The summed E-state index contributed by atoms with van der Waals surface area (Å²) in [5, 5.41) is 61.1. The fourth-order valence-corrected chi connectivity index (χ4v) is 4.71. The van der Waals surface area contributed by atoms with Crippen LogP contribution in [0.3, 0.4) is 0 Å². The quantitative estimate of drug-likeness (QED) is 0.128. The number of amides is 1. The van der Waals surface area contributed by atoms with E-state index in [-0.39, 0.29) is 36.7 Å². The van der Waals surface area contributed by atoms with Crippen molar-refractivity contribution in [1.29, 1.82) is 0 Å². The van der Waals surface area contributed by atoms with Gasteiger partial charge in [-0.3, -0.25) is 4.79 Å². The Kier molecular flexibility index (Phi) is 12.0. The second kappa shape index (κ2) is 14.2. The second-order valence-corrected chi connectivity index (χ2v) is 9.61. The Labute approximate surface area is 205 Å². The first-order chi connectivity index (χ1) is 16.6. The predicted octanol–water partition coefficient (Wildman–Crippen LogP) is -0.468. The number of aliphatic carboxylic acids is 1. The van der Waals surface area contributed by atoms with Crippen molar-refractivity contribution in [2.75, 3.05) is 13.2 Å². The van der Waals surface area contributed by atoms with Crippen LogP contribution in [0.1, 0.15) is 52.4 Å². The van der Waals surface area contributed by atoms with Crippen molar-refractivity contribution < 1.29 is 49.7 Å². The van der Waals surface area contributed by atoms with Gasteiger partial charge in [0.2, 0.25) is 5.91 Å². The normalized spacial score (nSPS) is 35.2. The SMILES string of the molecule is CC[C@H](C)[C@H](NC(=O)C[C@H]1CC[C@H](O)[C@@H]1C/C=C\CCO[C@@H]1O[C@H](CO)[C@@H](O)[C@H](O)[C@H]1O)C(=O)O. The molecule has 0 radical (unpaired) electrons. The molecule has 2 fully saturated rings. The summed E-state index contributed by atoms with van der Waals surface area (Å²) in [6, 6.07) is -0.930. The van der Waals surface area contributed by atoms with Crippen molar-refractivity contribution in [3.05, 3.63) is 12.2 Å². The highest BCUT2D eigenvalue weighted by Crippen LogP contribution is 2.37. The Morgan fingerprint density at radius 3 is 2.46 bits per heavy atom. The third kappa shape index (κ3) is 8.21. The lowest BCUT2D eigenvalue weighted by Gasteiger charge is -2.39. The van der Waals surface area contributed by atoms with E-state index >= 15 is 0 Å². The second-order valence-electron chi connectivity index (χ2n) is 9.61. The average molecular weight is 504 g/mol. The molecule has 1 saturated carbocycles. The molecule has 0 bridgehead atoms. The Morgan fingerprint density at radius 2 is 1.83 bits per heavy atom. The minimum Gasteiger partial charge on any atom is -0.480 e. The van der Waals surface area contributed by atoms with Crippen LogP contribution in [0.5, 0.6) is 0 Å². The lowest BCUT2D eigenvalue weighted by Crippen LogP contribution is -2.59. The van der Waals surface area contributed by atoms with Gasteiger partial charge in [0, 0.05) is 6.42 Å². The molecule has 1 amide bonds. The molecular weight excluding hydrogens is 462 g/mol. The van der Waals surface area contributed by atoms with Gasteiger partial charge in [0.25, 0.3) is 0 Å². The van der Waals surface area contributed by atoms with Crippen LogP contribution in [0.4, 0.5) is 0 Å². The lowest BCUT2D eigenvalue weighted by atomic mass is 9.88. The number of carboxylic acids is 1. The largest absolute Gasteiger partial charge is 0.480 e. The van der Waals surface area contributed by atoms with Crippen molar-refractivity contribution in [3.8, 4) is 0 Å². The number of aliphatic hydroxyl groups excluding tert-OH is 5. The lowest BCUT2D eigenvalue weighted by molar-refractivity contribution is -0.300. The molecule has 2 rings (SSSR count). The van der Waals surface area contributed by atoms with Gasteiger partial charge in [0.05, 0.1) is 19.3 Å². The van der Waals surface area contributed by atoms with Gasteiger partial charge in [-0.1, -0.05) is 32.4 Å². The van der Waals surface area contributed by atoms with Crippen LogP contribution < -0.4 is 5.32 Å². The third-order valence-corrected chi connectivity index (χ3v) is 7.17. The smallest absolute Gasteiger partial charge is 0.326 e. The molecule has 0 aromatic rings. The summed E-state index contributed by atoms with van der Waals surface area (Å²) < 4.78 is 10.7. The van der Waals surface area contributed by atoms with E-state index in [1.54, 1.807) is 6.92 Å². The van der Waals surface area contributed by atoms with Crippen LogP contribution >= 0.6 is 0 Å². The minimum absolute atomic E-state index is 0.0496. The molecule has 0 spiro atoms. The van der Waals surface area contributed by atoms with E-state index in [2.05, 4.69) is 5.32 Å². The summed E-state index contributed by atoms with van der Waals surface area (Å²) in [5.74, 6) is -1.72. The molecular formula is C24H41NO10. The van der Waals surface area contributed by atoms with Gasteiger partial charge in [-0.05, 0) is 43.4 Å². The van der Waals surface area contributed by atoms with E-state index in [9.17, 15) is 40.2 Å². The molecule has 11 heteroatoms. The number of ether oxygens (including phenoxy) is 2. The van der Waals surface area contributed by atoms with Crippen molar-refractivity contribution in [2.24, 2.45) is 17.8 Å². The number of carbonyl (C=O) groups is 2. The van der Waals surface area contributed by atoms with Crippen LogP contribution in [-0.4, -0.2) is 98.6 Å². The average Bonchev–Trinajstić information content (AvgIpc) is 3.17. The highest BCUT2D eigenvalue weighted by Gasteiger charge is 2.44. The van der Waals surface area contributed by atoms with Crippen LogP contribution in [0.15, 0.2) is 12.2 Å². The van der Waals surface area contributed by atoms with Gasteiger partial charge in [-0.2, -0.15) is 0 Å². The highest BCUT2D eigenvalue weighted by atomic mass is 16.7. The van der Waals surface area contributed by atoms with Crippen molar-refractivity contribution in [1.82, 2.24) is 5.32 Å². The third-order valence-electron chi connectivity index (χ3n) is 7.17. The van der Waals surface area contributed by atoms with Crippen molar-refractivity contribution >= 4 is 11.9 Å². The molecule has 1 heterocycles. The fraction of sp³-hybridized carbons (Fsp3) is 0.833. The molecule has 1 aliphatic carbocycles. The van der Waals surface area contributed by atoms with Gasteiger partial charge in [0.15, 0.2) is 6.29 Å². The Balaban J connectivity index is 1.78. The molecule has 0 aromatic heterocycles. The van der Waals surface area contributed by atoms with Crippen LogP contribution in [0.2, 0.25) is 0 Å². The maximum Gasteiger partial charge on any atom is 0.326 e. The van der Waals surface area contributed by atoms with E-state index in [1.165, 1.54) is 0 Å². The van der Waals surface area contributed by atoms with Crippen LogP contribution in [0, 0.1) is 17.8 Å². The molecule has 202 valence electrons. The van der Waals surface area contributed by atoms with Gasteiger partial charge in [0.1, 0.15) is 30.5 Å². The van der Waals surface area contributed by atoms with Crippen LogP contribution in [0.25, 0.3) is 0 Å². The Hall–Kier alpha value is -1.60. The Bertz CT molecular complexity index is 702. The van der Waals surface area contributed by atoms with Crippen molar-refractivity contribution in [3.63, 3.8) is 0 Å². The number of rotatable bonds is 13. The number of aliphatic hydroxyl groups is 5. The standard InChI is InChI=1S/C24H41NO10/c1-3-13(2)19(23(32)33)25-18(28)11-14-8-9-16(27)15(14)7-5-4-6-10-34-24-22(31)21(30)20(29)17(12-26)35-24/h4-5,13-17,19-22,24,26-27,29-31H,3,6-12H2,1-2H3,(H,25,28)(H,32,33)/b5-4-/t13-,14+,15+,16-,17+,19-,20+,21-,22+,24+/m0/s1. The van der Waals surface area contributed by atoms with Gasteiger partial charge >= 0.3 is 5.97 Å². The zero-order valence-electron chi connectivity index (χ0n) is 20.4. The number of nitrogens with one attached hydrogen (secondary N) is 1. The van der Waals surface area contributed by atoms with Gasteiger partial charge in [-0.25, -0.2) is 4.79 Å². The van der Waals surface area contributed by atoms with Gasteiger partial charge in [-0.15, -0.1) is 0 Å². The maximum atomic E-state index is 12.5. The molecule has 11 nitrogen and oxygen atoms in total. The Morgan fingerprint density at radius 1 is 1.11 bits per heavy atom. The predicted molar refractivity (Wildman–Crippen MR) is 124 cm³/mol. The van der Waals surface area contributed by atoms with E-state index in [1.807, 2.05) is 19.1 Å².